The molecular formula is C11H20N2O3. The molecule has 1 aliphatic carbocycles. The lowest BCUT2D eigenvalue weighted by Gasteiger charge is -2.21. The topological polar surface area (TPSA) is 71.2 Å². The zero-order valence-corrected chi connectivity index (χ0v) is 10.1. The van der Waals surface area contributed by atoms with Gasteiger partial charge in [-0.1, -0.05) is 5.11 Å². The number of ether oxygens (including phenoxy) is 1. The van der Waals surface area contributed by atoms with Gasteiger partial charge in [-0.15, -0.1) is 0 Å². The lowest BCUT2D eigenvalue weighted by molar-refractivity contribution is 0.0584. The summed E-state index contributed by atoms with van der Waals surface area (Å²) in [5, 5.41) is 16.8. The largest absolute Gasteiger partial charge is 0.452 e. The van der Waals surface area contributed by atoms with Gasteiger partial charge >= 0.3 is 6.09 Å². The Labute approximate surface area is 95.9 Å². The minimum absolute atomic E-state index is 0.0518. The maximum Gasteiger partial charge on any atom is 0.452 e. The van der Waals surface area contributed by atoms with E-state index in [2.05, 4.69) is 10.2 Å². The second kappa shape index (κ2) is 5.39. The summed E-state index contributed by atoms with van der Waals surface area (Å²) in [6, 6.07) is 0.0518. The van der Waals surface area contributed by atoms with Crippen molar-refractivity contribution in [3.63, 3.8) is 0 Å². The minimum Gasteiger partial charge on any atom is -0.441 e. The summed E-state index contributed by atoms with van der Waals surface area (Å²) in [4.78, 5) is 11.2. The van der Waals surface area contributed by atoms with Gasteiger partial charge in [0.05, 0.1) is 12.1 Å². The van der Waals surface area contributed by atoms with Crippen LogP contribution >= 0.6 is 0 Å². The molecule has 16 heavy (non-hydrogen) atoms. The first-order valence-corrected chi connectivity index (χ1v) is 5.69. The van der Waals surface area contributed by atoms with E-state index < -0.39 is 11.7 Å². The van der Waals surface area contributed by atoms with E-state index in [1.807, 2.05) is 0 Å². The van der Waals surface area contributed by atoms with Crippen molar-refractivity contribution in [1.29, 1.82) is 0 Å². The van der Waals surface area contributed by atoms with Gasteiger partial charge in [0, 0.05) is 0 Å². The van der Waals surface area contributed by atoms with Crippen LogP contribution in [-0.2, 0) is 4.74 Å². The zero-order valence-electron chi connectivity index (χ0n) is 10.1. The molecule has 5 heteroatoms. The monoisotopic (exact) mass is 228 g/mol. The highest BCUT2D eigenvalue weighted by molar-refractivity contribution is 5.67. The van der Waals surface area contributed by atoms with Crippen LogP contribution < -0.4 is 0 Å². The number of nitrogens with zero attached hydrogens (tertiary/aromatic N) is 2. The summed E-state index contributed by atoms with van der Waals surface area (Å²) in [6.07, 6.45) is 2.18. The minimum atomic E-state index is -0.640. The number of carbonyl (C=O) groups is 1. The molecule has 0 aliphatic heterocycles. The molecule has 0 unspecified atom stereocenters. The van der Waals surface area contributed by atoms with Crippen LogP contribution in [0, 0.1) is 0 Å². The van der Waals surface area contributed by atoms with Crippen molar-refractivity contribution < 1.29 is 14.6 Å². The average Bonchev–Trinajstić information content (AvgIpc) is 2.14. The fourth-order valence-electron chi connectivity index (χ4n) is 1.58. The van der Waals surface area contributed by atoms with Crippen LogP contribution in [0.2, 0.25) is 0 Å². The van der Waals surface area contributed by atoms with Gasteiger partial charge in [0.15, 0.2) is 0 Å². The third-order valence-electron chi connectivity index (χ3n) is 2.36. The normalized spacial score (nSPS) is 27.0. The van der Waals surface area contributed by atoms with Gasteiger partial charge in [-0.25, -0.2) is 4.79 Å². The van der Waals surface area contributed by atoms with Crippen LogP contribution in [0.25, 0.3) is 0 Å². The van der Waals surface area contributed by atoms with E-state index >= 15 is 0 Å². The predicted molar refractivity (Wildman–Crippen MR) is 59.4 cm³/mol. The van der Waals surface area contributed by atoms with Crippen molar-refractivity contribution in [1.82, 2.24) is 0 Å². The molecule has 92 valence electrons. The van der Waals surface area contributed by atoms with Gasteiger partial charge < -0.3 is 9.84 Å². The molecule has 0 aromatic rings. The van der Waals surface area contributed by atoms with E-state index in [0.717, 1.165) is 25.7 Å². The fourth-order valence-corrected chi connectivity index (χ4v) is 1.58. The van der Waals surface area contributed by atoms with Crippen LogP contribution in [0.4, 0.5) is 4.79 Å². The number of carbonyl (C=O) groups excluding carboxylic acids is 1. The molecule has 1 aliphatic rings. The van der Waals surface area contributed by atoms with E-state index in [1.54, 1.807) is 20.8 Å². The van der Waals surface area contributed by atoms with Gasteiger partial charge in [-0.2, -0.15) is 5.11 Å². The number of hydrogen-bond acceptors (Lipinski definition) is 4. The van der Waals surface area contributed by atoms with Gasteiger partial charge in [-0.05, 0) is 46.5 Å². The fraction of sp³-hybridized carbons (Fsp3) is 0.909. The molecule has 1 fully saturated rings. The number of amides is 1. The molecule has 0 aromatic heterocycles. The Balaban J connectivity index is 2.33. The van der Waals surface area contributed by atoms with Crippen LogP contribution in [0.1, 0.15) is 46.5 Å². The molecule has 5 nitrogen and oxygen atoms in total. The maximum atomic E-state index is 11.2. The molecule has 0 radical (unpaired) electrons. The molecule has 1 N–H and O–H groups in total. The van der Waals surface area contributed by atoms with E-state index in [-0.39, 0.29) is 12.1 Å². The summed E-state index contributed by atoms with van der Waals surface area (Å²) < 4.78 is 5.00. The highest BCUT2D eigenvalue weighted by Gasteiger charge is 2.20. The summed E-state index contributed by atoms with van der Waals surface area (Å²) in [6.45, 7) is 5.37. The molecule has 0 aromatic carbocycles. The molecule has 1 amide bonds. The number of rotatable bonds is 1. The molecule has 0 heterocycles. The van der Waals surface area contributed by atoms with Gasteiger partial charge in [-0.3, -0.25) is 0 Å². The summed E-state index contributed by atoms with van der Waals surface area (Å²) in [5.41, 5.74) is -0.529. The van der Waals surface area contributed by atoms with Gasteiger partial charge in [0.25, 0.3) is 0 Å². The molecule has 0 saturated heterocycles. The highest BCUT2D eigenvalue weighted by Crippen LogP contribution is 2.21. The Morgan fingerprint density at radius 1 is 1.25 bits per heavy atom. The first-order chi connectivity index (χ1) is 7.37. The number of hydrogen-bond donors (Lipinski definition) is 1. The molecule has 1 saturated carbocycles. The van der Waals surface area contributed by atoms with Crippen molar-refractivity contribution in [2.45, 2.75) is 64.2 Å². The van der Waals surface area contributed by atoms with E-state index in [4.69, 9.17) is 4.74 Å². The Morgan fingerprint density at radius 3 is 2.31 bits per heavy atom. The van der Waals surface area contributed by atoms with E-state index in [1.165, 1.54) is 0 Å². The van der Waals surface area contributed by atoms with Crippen LogP contribution in [0.15, 0.2) is 10.2 Å². The summed E-state index contributed by atoms with van der Waals surface area (Å²) >= 11 is 0. The molecule has 1 rings (SSSR count). The van der Waals surface area contributed by atoms with Crippen LogP contribution in [-0.4, -0.2) is 28.9 Å². The van der Waals surface area contributed by atoms with Crippen molar-refractivity contribution in [3.05, 3.63) is 0 Å². The summed E-state index contributed by atoms with van der Waals surface area (Å²) in [5.74, 6) is 0. The number of aliphatic hydroxyl groups excluding tert-OH is 1. The van der Waals surface area contributed by atoms with Crippen molar-refractivity contribution >= 4 is 6.09 Å². The Hall–Kier alpha value is -0.970. The zero-order chi connectivity index (χ0) is 12.2. The van der Waals surface area contributed by atoms with Crippen molar-refractivity contribution in [3.8, 4) is 0 Å². The predicted octanol–water partition coefficient (Wildman–Crippen LogP) is 2.68. The Kier molecular flexibility index (Phi) is 4.41. The Bertz CT molecular complexity index is 263. The first kappa shape index (κ1) is 13.1. The third-order valence-corrected chi connectivity index (χ3v) is 2.36. The smallest absolute Gasteiger partial charge is 0.441 e. The highest BCUT2D eigenvalue weighted by atomic mass is 16.6. The second-order valence-electron chi connectivity index (χ2n) is 5.16. The Morgan fingerprint density at radius 2 is 1.81 bits per heavy atom. The molecule has 0 atom stereocenters. The standard InChI is InChI=1S/C11H20N2O3/c1-11(2,3)16-10(15)13-12-8-4-6-9(14)7-5-8/h8-9,14H,4-7H2,1-3H3. The van der Waals surface area contributed by atoms with E-state index in [9.17, 15) is 9.90 Å². The average molecular weight is 228 g/mol. The molecule has 0 bridgehead atoms. The van der Waals surface area contributed by atoms with Crippen molar-refractivity contribution in [2.24, 2.45) is 10.2 Å². The van der Waals surface area contributed by atoms with Crippen LogP contribution in [0.5, 0.6) is 0 Å². The van der Waals surface area contributed by atoms with Crippen molar-refractivity contribution in [2.75, 3.05) is 0 Å². The lowest BCUT2D eigenvalue weighted by atomic mass is 9.94. The molecule has 0 spiro atoms. The summed E-state index contributed by atoms with van der Waals surface area (Å²) in [7, 11) is 0. The maximum absolute atomic E-state index is 11.2. The van der Waals surface area contributed by atoms with E-state index in [0.29, 0.717) is 0 Å². The third kappa shape index (κ3) is 5.21. The first-order valence-electron chi connectivity index (χ1n) is 5.69. The van der Waals surface area contributed by atoms with Crippen LogP contribution in [0.3, 0.4) is 0 Å². The number of azo groups is 1. The SMILES string of the molecule is CC(C)(C)OC(=O)N=NC1CCC(O)CC1. The number of aliphatic hydroxyl groups is 1. The second-order valence-corrected chi connectivity index (χ2v) is 5.16. The molecular weight excluding hydrogens is 208 g/mol. The quantitative estimate of drug-likeness (QED) is 0.701. The van der Waals surface area contributed by atoms with Gasteiger partial charge in [0.1, 0.15) is 5.60 Å². The van der Waals surface area contributed by atoms with Gasteiger partial charge in [0.2, 0.25) is 0 Å². The lowest BCUT2D eigenvalue weighted by Crippen LogP contribution is -2.23.